The standard InChI is InChI=1S/C17H17ClN4O3S2/c18-8-1-3-9(4-2-8)20-17-21-12-13(24)11(23)7-10(14(12)27-17)15(25)22-16-19-5-6-26-16/h1-6,10-14,23-24H,7H2,(H,20,21)(H,19,22,25)/t10-,11+,12+,13-,14+/m0/s1. The van der Waals surface area contributed by atoms with E-state index in [2.05, 4.69) is 20.6 Å². The molecule has 10 heteroatoms. The lowest BCUT2D eigenvalue weighted by molar-refractivity contribution is -0.124. The van der Waals surface area contributed by atoms with Gasteiger partial charge in [-0.05, 0) is 30.7 Å². The maximum Gasteiger partial charge on any atom is 0.230 e. The first-order chi connectivity index (χ1) is 13.0. The molecule has 1 saturated carbocycles. The first kappa shape index (κ1) is 18.7. The van der Waals surface area contributed by atoms with Crippen LogP contribution < -0.4 is 10.6 Å². The number of amides is 1. The van der Waals surface area contributed by atoms with Crippen molar-refractivity contribution in [3.05, 3.63) is 40.9 Å². The molecular weight excluding hydrogens is 408 g/mol. The summed E-state index contributed by atoms with van der Waals surface area (Å²) in [5, 5.41) is 29.8. The molecule has 1 amide bonds. The summed E-state index contributed by atoms with van der Waals surface area (Å²) in [7, 11) is 0. The molecule has 2 heterocycles. The molecule has 1 aromatic heterocycles. The summed E-state index contributed by atoms with van der Waals surface area (Å²) in [6.45, 7) is 0. The minimum Gasteiger partial charge on any atom is -0.390 e. The van der Waals surface area contributed by atoms with Gasteiger partial charge in [0.1, 0.15) is 6.10 Å². The van der Waals surface area contributed by atoms with E-state index in [9.17, 15) is 15.0 Å². The Morgan fingerprint density at radius 2 is 2.04 bits per heavy atom. The summed E-state index contributed by atoms with van der Waals surface area (Å²) < 4.78 is 0. The van der Waals surface area contributed by atoms with Crippen molar-refractivity contribution < 1.29 is 15.0 Å². The molecule has 4 rings (SSSR count). The Morgan fingerprint density at radius 1 is 1.26 bits per heavy atom. The summed E-state index contributed by atoms with van der Waals surface area (Å²) in [5.41, 5.74) is 0.808. The van der Waals surface area contributed by atoms with Crippen LogP contribution in [-0.2, 0) is 4.79 Å². The molecule has 27 heavy (non-hydrogen) atoms. The summed E-state index contributed by atoms with van der Waals surface area (Å²) in [5.74, 6) is -0.711. The van der Waals surface area contributed by atoms with E-state index < -0.39 is 24.2 Å². The van der Waals surface area contributed by atoms with Gasteiger partial charge in [-0.1, -0.05) is 23.4 Å². The van der Waals surface area contributed by atoms with Crippen LogP contribution in [0.5, 0.6) is 0 Å². The zero-order valence-electron chi connectivity index (χ0n) is 13.9. The Kier molecular flexibility index (Phi) is 5.38. The largest absolute Gasteiger partial charge is 0.390 e. The van der Waals surface area contributed by atoms with Crippen LogP contribution in [0.1, 0.15) is 6.42 Å². The topological polar surface area (TPSA) is 107 Å². The van der Waals surface area contributed by atoms with Gasteiger partial charge in [0.15, 0.2) is 10.3 Å². The van der Waals surface area contributed by atoms with Crippen molar-refractivity contribution in [2.75, 3.05) is 10.6 Å². The molecule has 0 bridgehead atoms. The molecule has 2 aliphatic rings. The molecule has 0 saturated heterocycles. The third-order valence-electron chi connectivity index (χ3n) is 4.58. The molecule has 5 atom stereocenters. The zero-order valence-corrected chi connectivity index (χ0v) is 16.3. The van der Waals surface area contributed by atoms with Crippen LogP contribution in [0.15, 0.2) is 40.8 Å². The highest BCUT2D eigenvalue weighted by molar-refractivity contribution is 8.15. The molecule has 1 aromatic carbocycles. The van der Waals surface area contributed by atoms with Gasteiger partial charge in [-0.15, -0.1) is 11.3 Å². The van der Waals surface area contributed by atoms with Crippen LogP contribution in [0.3, 0.4) is 0 Å². The third kappa shape index (κ3) is 3.97. The molecule has 2 aromatic rings. The number of hydrogen-bond acceptors (Lipinski definition) is 8. The van der Waals surface area contributed by atoms with Crippen LogP contribution in [-0.4, -0.2) is 49.8 Å². The summed E-state index contributed by atoms with van der Waals surface area (Å²) in [6.07, 6.45) is -0.214. The van der Waals surface area contributed by atoms with Gasteiger partial charge in [0.2, 0.25) is 5.91 Å². The highest BCUT2D eigenvalue weighted by Crippen LogP contribution is 2.41. The Hall–Kier alpha value is -1.65. The van der Waals surface area contributed by atoms with Gasteiger partial charge in [-0.2, -0.15) is 0 Å². The van der Waals surface area contributed by atoms with Crippen molar-refractivity contribution >= 4 is 56.6 Å². The second kappa shape index (κ2) is 7.76. The first-order valence-electron chi connectivity index (χ1n) is 8.35. The number of aliphatic imine (C=N–C) groups is 1. The van der Waals surface area contributed by atoms with Crippen molar-refractivity contribution in [1.29, 1.82) is 0 Å². The van der Waals surface area contributed by atoms with E-state index in [1.807, 2.05) is 12.1 Å². The zero-order chi connectivity index (χ0) is 19.0. The normalized spacial score (nSPS) is 29.7. The molecule has 0 radical (unpaired) electrons. The second-order valence-corrected chi connectivity index (χ2v) is 8.86. The number of thioether (sulfide) groups is 1. The molecule has 1 fully saturated rings. The Bertz CT molecular complexity index is 846. The fraction of sp³-hybridized carbons (Fsp3) is 0.353. The van der Waals surface area contributed by atoms with E-state index in [-0.39, 0.29) is 17.6 Å². The minimum atomic E-state index is -1.00. The second-order valence-electron chi connectivity index (χ2n) is 6.37. The quantitative estimate of drug-likeness (QED) is 0.603. The molecule has 7 nitrogen and oxygen atoms in total. The number of aliphatic hydroxyl groups excluding tert-OH is 2. The number of aromatic nitrogens is 1. The van der Waals surface area contributed by atoms with Crippen LogP contribution in [0, 0.1) is 5.92 Å². The van der Waals surface area contributed by atoms with E-state index in [4.69, 9.17) is 11.6 Å². The number of nitrogens with zero attached hydrogens (tertiary/aromatic N) is 2. The number of nitrogens with one attached hydrogen (secondary N) is 2. The number of carbonyl (C=O) groups is 1. The van der Waals surface area contributed by atoms with Crippen LogP contribution >= 0.6 is 34.7 Å². The monoisotopic (exact) mass is 424 g/mol. The van der Waals surface area contributed by atoms with Crippen molar-refractivity contribution in [2.24, 2.45) is 10.9 Å². The number of anilines is 2. The maximum atomic E-state index is 12.7. The maximum absolute atomic E-state index is 12.7. The van der Waals surface area contributed by atoms with Gasteiger partial charge in [-0.25, -0.2) is 4.98 Å². The molecule has 1 aliphatic heterocycles. The Morgan fingerprint density at radius 3 is 2.74 bits per heavy atom. The fourth-order valence-electron chi connectivity index (χ4n) is 3.25. The van der Waals surface area contributed by atoms with Crippen molar-refractivity contribution in [2.45, 2.75) is 29.9 Å². The van der Waals surface area contributed by atoms with Crippen molar-refractivity contribution in [3.63, 3.8) is 0 Å². The molecule has 0 spiro atoms. The number of amidine groups is 1. The highest BCUT2D eigenvalue weighted by atomic mass is 35.5. The first-order valence-corrected chi connectivity index (χ1v) is 10.5. The molecule has 0 unspecified atom stereocenters. The predicted octanol–water partition coefficient (Wildman–Crippen LogP) is 2.43. The average Bonchev–Trinajstić information content (AvgIpc) is 3.30. The number of fused-ring (bicyclic) bond motifs is 1. The van der Waals surface area contributed by atoms with E-state index in [0.29, 0.717) is 15.3 Å². The highest BCUT2D eigenvalue weighted by Gasteiger charge is 2.50. The van der Waals surface area contributed by atoms with Gasteiger partial charge >= 0.3 is 0 Å². The van der Waals surface area contributed by atoms with Crippen molar-refractivity contribution in [1.82, 2.24) is 4.98 Å². The molecule has 1 aliphatic carbocycles. The summed E-state index contributed by atoms with van der Waals surface area (Å²) >= 11 is 8.64. The number of thiazole rings is 1. The number of carbonyl (C=O) groups excluding carboxylic acids is 1. The molecule has 142 valence electrons. The smallest absolute Gasteiger partial charge is 0.230 e. The fourth-order valence-corrected chi connectivity index (χ4v) is 5.28. The van der Waals surface area contributed by atoms with Gasteiger partial charge in [0, 0.05) is 27.5 Å². The Labute approximate surface area is 168 Å². The van der Waals surface area contributed by atoms with E-state index in [1.54, 1.807) is 23.7 Å². The summed E-state index contributed by atoms with van der Waals surface area (Å²) in [6, 6.07) is 6.62. The number of hydrogen-bond donors (Lipinski definition) is 4. The average molecular weight is 425 g/mol. The van der Waals surface area contributed by atoms with E-state index in [0.717, 1.165) is 5.69 Å². The van der Waals surface area contributed by atoms with Crippen LogP contribution in [0.25, 0.3) is 0 Å². The van der Waals surface area contributed by atoms with Crippen molar-refractivity contribution in [3.8, 4) is 0 Å². The molecule has 4 N–H and O–H groups in total. The van der Waals surface area contributed by atoms with E-state index >= 15 is 0 Å². The molecular formula is C17H17ClN4O3S2. The van der Waals surface area contributed by atoms with Gasteiger partial charge in [0.05, 0.1) is 18.1 Å². The number of benzene rings is 1. The lowest BCUT2D eigenvalue weighted by Gasteiger charge is -2.37. The minimum absolute atomic E-state index is 0.177. The number of rotatable bonds is 3. The summed E-state index contributed by atoms with van der Waals surface area (Å²) in [4.78, 5) is 21.3. The van der Waals surface area contributed by atoms with E-state index in [1.165, 1.54) is 23.1 Å². The van der Waals surface area contributed by atoms with Gasteiger partial charge in [0.25, 0.3) is 0 Å². The van der Waals surface area contributed by atoms with Crippen LogP contribution in [0.4, 0.5) is 10.8 Å². The van der Waals surface area contributed by atoms with Crippen LogP contribution in [0.2, 0.25) is 5.02 Å². The van der Waals surface area contributed by atoms with Gasteiger partial charge in [-0.3, -0.25) is 9.79 Å². The number of halogens is 1. The lowest BCUT2D eigenvalue weighted by atomic mass is 9.81. The number of aliphatic hydroxyl groups is 2. The SMILES string of the molecule is O=C(Nc1nccs1)[C@H]1C[C@@H](O)[C@H](O)[C@H]2N=C(Nc3ccc(Cl)cc3)S[C@@H]21. The lowest BCUT2D eigenvalue weighted by Crippen LogP contribution is -2.52. The van der Waals surface area contributed by atoms with Gasteiger partial charge < -0.3 is 20.8 Å². The Balaban J connectivity index is 1.50. The predicted molar refractivity (Wildman–Crippen MR) is 109 cm³/mol. The third-order valence-corrected chi connectivity index (χ3v) is 6.83.